The van der Waals surface area contributed by atoms with Crippen LogP contribution in [0.15, 0.2) is 0 Å². The molecule has 0 aromatic rings. The molecule has 0 radical (unpaired) electrons. The van der Waals surface area contributed by atoms with E-state index >= 15 is 0 Å². The van der Waals surface area contributed by atoms with Crippen molar-refractivity contribution in [1.29, 1.82) is 0 Å². The van der Waals surface area contributed by atoms with E-state index in [-0.39, 0.29) is 5.97 Å². The molecule has 0 saturated heterocycles. The van der Waals surface area contributed by atoms with Gasteiger partial charge in [0.05, 0.1) is 0 Å². The lowest BCUT2D eigenvalue weighted by Crippen LogP contribution is -2.36. The van der Waals surface area contributed by atoms with Gasteiger partial charge in [0, 0.05) is 13.0 Å². The van der Waals surface area contributed by atoms with Gasteiger partial charge in [-0.25, -0.2) is 0 Å². The molecule has 0 aliphatic heterocycles. The van der Waals surface area contributed by atoms with E-state index in [0.717, 1.165) is 12.8 Å². The predicted octanol–water partition coefficient (Wildman–Crippen LogP) is 0.607. The minimum atomic E-state index is -0.262. The van der Waals surface area contributed by atoms with Gasteiger partial charge in [-0.15, -0.1) is 0 Å². The summed E-state index contributed by atoms with van der Waals surface area (Å²) in [7, 11) is 0. The Morgan fingerprint density at radius 1 is 1.67 bits per heavy atom. The maximum Gasteiger partial charge on any atom is 0.321 e. The van der Waals surface area contributed by atoms with E-state index in [4.69, 9.17) is 0 Å². The van der Waals surface area contributed by atoms with Gasteiger partial charge in [0.15, 0.2) is 0 Å². The van der Waals surface area contributed by atoms with Crippen molar-refractivity contribution < 1.29 is 9.63 Å². The smallest absolute Gasteiger partial charge is 0.321 e. The summed E-state index contributed by atoms with van der Waals surface area (Å²) in [5.41, 5.74) is 2.67. The zero-order valence-electron chi connectivity index (χ0n) is 5.52. The number of carbonyl (C=O) groups is 1. The summed E-state index contributed by atoms with van der Waals surface area (Å²) >= 11 is 0. The van der Waals surface area contributed by atoms with Crippen LogP contribution in [-0.4, -0.2) is 12.0 Å². The van der Waals surface area contributed by atoms with Crippen LogP contribution >= 0.6 is 0 Å². The van der Waals surface area contributed by atoms with Gasteiger partial charge in [-0.05, 0) is 12.8 Å². The molecule has 1 rings (SSSR count). The van der Waals surface area contributed by atoms with Crippen LogP contribution in [0.2, 0.25) is 0 Å². The molecule has 0 aromatic heterocycles. The van der Waals surface area contributed by atoms with Crippen LogP contribution in [0.5, 0.6) is 0 Å². The third-order valence-electron chi connectivity index (χ3n) is 1.47. The van der Waals surface area contributed by atoms with Crippen LogP contribution in [0, 0.1) is 0 Å². The lowest BCUT2D eigenvalue weighted by molar-refractivity contribution is -0.151. The average molecular weight is 129 g/mol. The highest BCUT2D eigenvalue weighted by Gasteiger charge is 2.17. The highest BCUT2D eigenvalue weighted by atomic mass is 16.7. The first-order valence-corrected chi connectivity index (χ1v) is 3.22. The van der Waals surface area contributed by atoms with Crippen molar-refractivity contribution in [3.05, 3.63) is 0 Å². The van der Waals surface area contributed by atoms with Crippen molar-refractivity contribution in [3.8, 4) is 0 Å². The number of hydrogen-bond donors (Lipinski definition) is 1. The highest BCUT2D eigenvalue weighted by Crippen LogP contribution is 2.17. The van der Waals surface area contributed by atoms with E-state index in [2.05, 4.69) is 10.3 Å². The molecule has 0 unspecified atom stereocenters. The van der Waals surface area contributed by atoms with Crippen LogP contribution in [-0.2, 0) is 9.63 Å². The fourth-order valence-electron chi connectivity index (χ4n) is 0.692. The second kappa shape index (κ2) is 2.82. The molecule has 0 atom stereocenters. The standard InChI is InChI=1S/C6H11NO2/c1-5(8)9-7-6-3-2-4-6/h6-7H,2-4H2,1H3. The average Bonchev–Trinajstić information content (AvgIpc) is 1.60. The molecule has 1 saturated carbocycles. The van der Waals surface area contributed by atoms with Gasteiger partial charge < -0.3 is 4.84 Å². The van der Waals surface area contributed by atoms with Crippen LogP contribution in [0.25, 0.3) is 0 Å². The lowest BCUT2D eigenvalue weighted by atomic mass is 9.94. The summed E-state index contributed by atoms with van der Waals surface area (Å²) in [5, 5.41) is 0. The lowest BCUT2D eigenvalue weighted by Gasteiger charge is -2.24. The highest BCUT2D eigenvalue weighted by molar-refractivity contribution is 5.65. The van der Waals surface area contributed by atoms with Gasteiger partial charge in [0.25, 0.3) is 0 Å². The van der Waals surface area contributed by atoms with Gasteiger partial charge >= 0.3 is 5.97 Å². The Balaban J connectivity index is 1.97. The maximum absolute atomic E-state index is 10.2. The monoisotopic (exact) mass is 129 g/mol. The van der Waals surface area contributed by atoms with E-state index in [0.29, 0.717) is 6.04 Å². The van der Waals surface area contributed by atoms with E-state index < -0.39 is 0 Å². The molecular formula is C6H11NO2. The largest absolute Gasteiger partial charge is 0.371 e. The molecule has 9 heavy (non-hydrogen) atoms. The molecule has 1 aliphatic carbocycles. The number of carbonyl (C=O) groups excluding carboxylic acids is 1. The zero-order chi connectivity index (χ0) is 6.69. The number of rotatable bonds is 2. The summed E-state index contributed by atoms with van der Waals surface area (Å²) in [4.78, 5) is 14.8. The molecule has 0 spiro atoms. The molecule has 3 heteroatoms. The molecule has 0 amide bonds. The molecule has 1 fully saturated rings. The molecule has 0 heterocycles. The quantitative estimate of drug-likeness (QED) is 0.555. The summed E-state index contributed by atoms with van der Waals surface area (Å²) < 4.78 is 0. The van der Waals surface area contributed by atoms with Crippen molar-refractivity contribution in [1.82, 2.24) is 5.48 Å². The molecule has 1 aliphatic rings. The first kappa shape index (κ1) is 6.55. The maximum atomic E-state index is 10.2. The van der Waals surface area contributed by atoms with Crippen LogP contribution < -0.4 is 5.48 Å². The number of hydrogen-bond acceptors (Lipinski definition) is 3. The fraction of sp³-hybridized carbons (Fsp3) is 0.833. The Hall–Kier alpha value is -0.570. The third-order valence-corrected chi connectivity index (χ3v) is 1.47. The molecule has 0 aromatic carbocycles. The SMILES string of the molecule is CC(=O)ONC1CCC1. The van der Waals surface area contributed by atoms with Crippen LogP contribution in [0.3, 0.4) is 0 Å². The van der Waals surface area contributed by atoms with E-state index in [1.165, 1.54) is 13.3 Å². The predicted molar refractivity (Wildman–Crippen MR) is 32.5 cm³/mol. The molecule has 52 valence electrons. The molecular weight excluding hydrogens is 118 g/mol. The molecule has 1 N–H and O–H groups in total. The topological polar surface area (TPSA) is 38.3 Å². The van der Waals surface area contributed by atoms with E-state index in [9.17, 15) is 4.79 Å². The van der Waals surface area contributed by atoms with Crippen LogP contribution in [0.4, 0.5) is 0 Å². The Kier molecular flexibility index (Phi) is 2.05. The van der Waals surface area contributed by atoms with Gasteiger partial charge in [-0.2, -0.15) is 5.48 Å². The second-order valence-electron chi connectivity index (χ2n) is 2.34. The summed E-state index contributed by atoms with van der Waals surface area (Å²) in [5.74, 6) is -0.262. The zero-order valence-corrected chi connectivity index (χ0v) is 5.52. The third kappa shape index (κ3) is 2.01. The van der Waals surface area contributed by atoms with Crippen molar-refractivity contribution in [2.45, 2.75) is 32.2 Å². The first-order valence-electron chi connectivity index (χ1n) is 3.22. The van der Waals surface area contributed by atoms with Gasteiger partial charge in [0.1, 0.15) is 0 Å². The second-order valence-corrected chi connectivity index (χ2v) is 2.34. The molecule has 0 bridgehead atoms. The Morgan fingerprint density at radius 3 is 2.67 bits per heavy atom. The Labute approximate surface area is 54.3 Å². The van der Waals surface area contributed by atoms with Gasteiger partial charge in [-0.1, -0.05) is 6.42 Å². The minimum absolute atomic E-state index is 0.262. The van der Waals surface area contributed by atoms with Crippen molar-refractivity contribution >= 4 is 5.97 Å². The van der Waals surface area contributed by atoms with Gasteiger partial charge in [0.2, 0.25) is 0 Å². The van der Waals surface area contributed by atoms with E-state index in [1.807, 2.05) is 0 Å². The minimum Gasteiger partial charge on any atom is -0.371 e. The Bertz CT molecular complexity index is 110. The summed E-state index contributed by atoms with van der Waals surface area (Å²) in [6.07, 6.45) is 3.51. The van der Waals surface area contributed by atoms with Crippen molar-refractivity contribution in [3.63, 3.8) is 0 Å². The van der Waals surface area contributed by atoms with Crippen molar-refractivity contribution in [2.75, 3.05) is 0 Å². The normalized spacial score (nSPS) is 18.8. The van der Waals surface area contributed by atoms with Gasteiger partial charge in [-0.3, -0.25) is 4.79 Å². The Morgan fingerprint density at radius 2 is 2.33 bits per heavy atom. The number of hydroxylamine groups is 1. The summed E-state index contributed by atoms with van der Waals surface area (Å²) in [6, 6.07) is 0.425. The summed E-state index contributed by atoms with van der Waals surface area (Å²) in [6.45, 7) is 1.39. The fourth-order valence-corrected chi connectivity index (χ4v) is 0.692. The molecule has 3 nitrogen and oxygen atoms in total. The van der Waals surface area contributed by atoms with E-state index in [1.54, 1.807) is 0 Å². The number of nitrogens with one attached hydrogen (secondary N) is 1. The van der Waals surface area contributed by atoms with Crippen molar-refractivity contribution in [2.24, 2.45) is 0 Å². The van der Waals surface area contributed by atoms with Crippen LogP contribution in [0.1, 0.15) is 26.2 Å². The first-order chi connectivity index (χ1) is 4.29.